The minimum Gasteiger partial charge on any atom is -0.462 e. The highest BCUT2D eigenvalue weighted by atomic mass is 35.5. The van der Waals surface area contributed by atoms with Gasteiger partial charge >= 0.3 is 6.01 Å². The van der Waals surface area contributed by atoms with Gasteiger partial charge in [-0.3, -0.25) is 14.8 Å². The van der Waals surface area contributed by atoms with E-state index in [1.54, 1.807) is 18.3 Å². The quantitative estimate of drug-likeness (QED) is 0.213. The number of carbonyl (C=O) groups excluding carboxylic acids is 1. The van der Waals surface area contributed by atoms with Gasteiger partial charge in [-0.05, 0) is 32.5 Å². The van der Waals surface area contributed by atoms with Crippen LogP contribution in [0.5, 0.6) is 6.01 Å². The van der Waals surface area contributed by atoms with Crippen LogP contribution >= 0.6 is 11.6 Å². The number of nitrogens with zero attached hydrogens (tertiary/aromatic N) is 8. The number of rotatable bonds is 7. The predicted molar refractivity (Wildman–Crippen MR) is 164 cm³/mol. The van der Waals surface area contributed by atoms with Crippen molar-refractivity contribution >= 4 is 45.0 Å². The zero-order valence-electron chi connectivity index (χ0n) is 24.0. The Morgan fingerprint density at radius 1 is 1.20 bits per heavy atom. The Hall–Kier alpha value is -4.47. The number of hydrogen-bond acceptors (Lipinski definition) is 8. The van der Waals surface area contributed by atoms with E-state index >= 15 is 4.39 Å². The molecule has 0 spiro atoms. The van der Waals surface area contributed by atoms with Gasteiger partial charge in [0.1, 0.15) is 29.7 Å². The van der Waals surface area contributed by atoms with E-state index in [-0.39, 0.29) is 49.4 Å². The Morgan fingerprint density at radius 3 is 2.80 bits per heavy atom. The number of ether oxygens (including phenoxy) is 1. The molecule has 2 aliphatic rings. The summed E-state index contributed by atoms with van der Waals surface area (Å²) >= 11 is 6.53. The van der Waals surface area contributed by atoms with Crippen LogP contribution in [-0.2, 0) is 4.79 Å². The van der Waals surface area contributed by atoms with Crippen LogP contribution in [0, 0.1) is 12.4 Å². The smallest absolute Gasteiger partial charge is 0.319 e. The summed E-state index contributed by atoms with van der Waals surface area (Å²) in [6, 6.07) is 4.89. The fourth-order valence-electron chi connectivity index (χ4n) is 5.98. The molecule has 2 aliphatic heterocycles. The monoisotopic (exact) mass is 618 g/mol. The third-order valence-electron chi connectivity index (χ3n) is 8.28. The van der Waals surface area contributed by atoms with Gasteiger partial charge in [0.15, 0.2) is 11.6 Å². The van der Waals surface area contributed by atoms with E-state index in [4.69, 9.17) is 22.9 Å². The van der Waals surface area contributed by atoms with Crippen LogP contribution in [0.3, 0.4) is 0 Å². The largest absolute Gasteiger partial charge is 0.462 e. The number of likely N-dealkylation sites (N-methyl/N-ethyl adjacent to an activating group) is 1. The summed E-state index contributed by atoms with van der Waals surface area (Å²) in [5, 5.41) is 2.11. The van der Waals surface area contributed by atoms with Crippen molar-refractivity contribution in [3.05, 3.63) is 71.5 Å². The third kappa shape index (κ3) is 5.49. The molecule has 10 nitrogen and oxygen atoms in total. The number of amides is 1. The lowest BCUT2D eigenvalue weighted by atomic mass is 10.0. The Morgan fingerprint density at radius 2 is 2.05 bits per heavy atom. The fraction of sp³-hybridized carbons (Fsp3) is 0.355. The fourth-order valence-corrected chi connectivity index (χ4v) is 6.26. The first-order valence-electron chi connectivity index (χ1n) is 14.2. The molecule has 5 heterocycles. The number of benzene rings is 1. The molecule has 2 atom stereocenters. The Bertz CT molecular complexity index is 1810. The van der Waals surface area contributed by atoms with E-state index in [9.17, 15) is 9.18 Å². The van der Waals surface area contributed by atoms with Crippen LogP contribution in [0.1, 0.15) is 12.8 Å². The highest BCUT2D eigenvalue weighted by molar-refractivity contribution is 6.36. The number of likely N-dealkylation sites (tertiary alicyclic amines) is 1. The zero-order valence-corrected chi connectivity index (χ0v) is 24.8. The SMILES string of the molecule is [C-]#[N+]C[C@H]1CN(c2nc(OC[C@@H]3CCCN3C)nc3c(F)c(-c4cncc5cccc(Cl)c45)ncc23)CCN1C(=O)C(=C)F. The van der Waals surface area contributed by atoms with Gasteiger partial charge in [-0.1, -0.05) is 30.3 Å². The van der Waals surface area contributed by atoms with Gasteiger partial charge in [-0.2, -0.15) is 9.97 Å². The van der Waals surface area contributed by atoms with Crippen LogP contribution in [-0.4, -0.2) is 94.1 Å². The number of hydrogen-bond donors (Lipinski definition) is 0. The number of fused-ring (bicyclic) bond motifs is 2. The second kappa shape index (κ2) is 12.3. The van der Waals surface area contributed by atoms with Gasteiger partial charge in [-0.15, -0.1) is 0 Å². The zero-order chi connectivity index (χ0) is 31.0. The molecule has 1 amide bonds. The van der Waals surface area contributed by atoms with E-state index in [2.05, 4.69) is 36.3 Å². The van der Waals surface area contributed by atoms with E-state index in [1.165, 1.54) is 17.3 Å². The molecular weight excluding hydrogens is 590 g/mol. The molecule has 2 fully saturated rings. The van der Waals surface area contributed by atoms with E-state index in [0.29, 0.717) is 33.8 Å². The van der Waals surface area contributed by atoms with Gasteiger partial charge in [0.25, 0.3) is 5.91 Å². The molecule has 0 saturated carbocycles. The van der Waals surface area contributed by atoms with Crippen LogP contribution in [0.25, 0.3) is 37.8 Å². The second-order valence-electron chi connectivity index (χ2n) is 11.0. The Balaban J connectivity index is 1.45. The van der Waals surface area contributed by atoms with Crippen LogP contribution in [0.15, 0.2) is 49.2 Å². The summed E-state index contributed by atoms with van der Waals surface area (Å²) in [5.74, 6) is -2.29. The highest BCUT2D eigenvalue weighted by Crippen LogP contribution is 2.37. The van der Waals surface area contributed by atoms with Gasteiger partial charge in [0, 0.05) is 65.6 Å². The number of carbonyl (C=O) groups is 1. The van der Waals surface area contributed by atoms with Crippen molar-refractivity contribution in [1.29, 1.82) is 0 Å². The average Bonchev–Trinajstić information content (AvgIpc) is 3.44. The normalized spacial score (nSPS) is 19.0. The number of halogens is 3. The standard InChI is InChI=1S/C31H29ClF2N8O2/c1-18(33)30(43)42-11-10-41(16-21(42)13-35-2)29-23-15-37-27(22-14-36-12-19-6-4-8-24(32)25(19)22)26(34)28(23)38-31(39-29)44-17-20-7-5-9-40(20)3/h4,6,8,12,14-15,20-21H,1,5,7,9-11,13,16-17H2,3H3/t20-,21-/m0/s1. The molecule has 0 unspecified atom stereocenters. The van der Waals surface area contributed by atoms with Crippen molar-refractivity contribution in [3.8, 4) is 17.3 Å². The van der Waals surface area contributed by atoms with Crippen molar-refractivity contribution in [1.82, 2.24) is 29.7 Å². The summed E-state index contributed by atoms with van der Waals surface area (Å²) in [4.78, 5) is 39.2. The molecule has 4 aromatic rings. The highest BCUT2D eigenvalue weighted by Gasteiger charge is 2.35. The molecule has 0 aliphatic carbocycles. The first kappa shape index (κ1) is 29.6. The Kier molecular flexibility index (Phi) is 8.25. The van der Waals surface area contributed by atoms with Gasteiger partial charge in [-0.25, -0.2) is 15.4 Å². The molecule has 0 bridgehead atoms. The number of aromatic nitrogens is 4. The first-order chi connectivity index (χ1) is 21.3. The summed E-state index contributed by atoms with van der Waals surface area (Å²) in [6.07, 6.45) is 6.68. The lowest BCUT2D eigenvalue weighted by Crippen LogP contribution is -2.56. The number of anilines is 1. The van der Waals surface area contributed by atoms with Crippen molar-refractivity contribution in [2.24, 2.45) is 0 Å². The summed E-state index contributed by atoms with van der Waals surface area (Å²) in [6.45, 7) is 12.3. The molecule has 2 saturated heterocycles. The minimum absolute atomic E-state index is 0.00351. The minimum atomic E-state index is -1.09. The molecule has 44 heavy (non-hydrogen) atoms. The molecule has 13 heteroatoms. The lowest BCUT2D eigenvalue weighted by Gasteiger charge is -2.39. The van der Waals surface area contributed by atoms with Crippen molar-refractivity contribution in [3.63, 3.8) is 0 Å². The summed E-state index contributed by atoms with van der Waals surface area (Å²) in [5.41, 5.74) is 0.437. The molecule has 0 radical (unpaired) electrons. The topological polar surface area (TPSA) is 91.9 Å². The molecule has 3 aromatic heterocycles. The third-order valence-corrected chi connectivity index (χ3v) is 8.60. The molecular formula is C31H29ClF2N8O2. The van der Waals surface area contributed by atoms with Crippen molar-refractivity contribution in [2.75, 3.05) is 51.3 Å². The number of pyridine rings is 2. The van der Waals surface area contributed by atoms with Crippen molar-refractivity contribution < 1.29 is 18.3 Å². The maximum atomic E-state index is 16.5. The first-order valence-corrected chi connectivity index (χ1v) is 14.6. The van der Waals surface area contributed by atoms with Crippen LogP contribution < -0.4 is 9.64 Å². The van der Waals surface area contributed by atoms with Crippen LogP contribution in [0.2, 0.25) is 5.02 Å². The van der Waals surface area contributed by atoms with Gasteiger partial charge in [0.2, 0.25) is 6.54 Å². The maximum Gasteiger partial charge on any atom is 0.319 e. The van der Waals surface area contributed by atoms with E-state index in [0.717, 1.165) is 24.8 Å². The summed E-state index contributed by atoms with van der Waals surface area (Å²) < 4.78 is 36.4. The predicted octanol–water partition coefficient (Wildman–Crippen LogP) is 4.93. The molecule has 226 valence electrons. The van der Waals surface area contributed by atoms with E-state index in [1.807, 2.05) is 18.0 Å². The average molecular weight is 619 g/mol. The molecule has 0 N–H and O–H groups in total. The maximum absolute atomic E-state index is 16.5. The Labute approximate surface area is 257 Å². The second-order valence-corrected chi connectivity index (χ2v) is 11.4. The van der Waals surface area contributed by atoms with Crippen LogP contribution in [0.4, 0.5) is 14.6 Å². The van der Waals surface area contributed by atoms with Gasteiger partial charge < -0.3 is 24.3 Å². The lowest BCUT2D eigenvalue weighted by molar-refractivity contribution is -0.131. The number of piperazine rings is 1. The summed E-state index contributed by atoms with van der Waals surface area (Å²) in [7, 11) is 2.03. The molecule has 1 aromatic carbocycles. The van der Waals surface area contributed by atoms with E-state index < -0.39 is 23.6 Å². The molecule has 6 rings (SSSR count). The van der Waals surface area contributed by atoms with Gasteiger partial charge in [0.05, 0.1) is 5.39 Å². The van der Waals surface area contributed by atoms with Crippen molar-refractivity contribution in [2.45, 2.75) is 24.9 Å².